The van der Waals surface area contributed by atoms with Crippen LogP contribution in [0.3, 0.4) is 0 Å². The Balaban J connectivity index is 1.95. The lowest BCUT2D eigenvalue weighted by atomic mass is 10.1. The Kier molecular flexibility index (Phi) is 4.05. The Morgan fingerprint density at radius 2 is 2.35 bits per heavy atom. The van der Waals surface area contributed by atoms with Gasteiger partial charge in [-0.3, -0.25) is 0 Å². The molecule has 1 N–H and O–H groups in total. The maximum absolute atomic E-state index is 4.42. The molecule has 96 valence electrons. The molecule has 0 radical (unpaired) electrons. The number of imidazole rings is 1. The number of aromatic nitrogens is 2. The van der Waals surface area contributed by atoms with Crippen molar-refractivity contribution >= 4 is 5.95 Å². The van der Waals surface area contributed by atoms with Crippen LogP contribution in [0, 0.1) is 5.92 Å². The van der Waals surface area contributed by atoms with Gasteiger partial charge in [-0.2, -0.15) is 0 Å². The Morgan fingerprint density at radius 1 is 1.53 bits per heavy atom. The van der Waals surface area contributed by atoms with E-state index in [1.54, 1.807) is 0 Å². The molecule has 0 spiro atoms. The number of anilines is 1. The number of rotatable bonds is 4. The van der Waals surface area contributed by atoms with Gasteiger partial charge >= 0.3 is 0 Å². The maximum atomic E-state index is 4.42. The number of hydrogen-bond acceptors (Lipinski definition) is 3. The van der Waals surface area contributed by atoms with Crippen LogP contribution in [0.2, 0.25) is 0 Å². The second kappa shape index (κ2) is 5.54. The summed E-state index contributed by atoms with van der Waals surface area (Å²) in [5.74, 6) is 1.68. The molecule has 1 saturated heterocycles. The highest BCUT2D eigenvalue weighted by molar-refractivity contribution is 5.28. The molecule has 0 saturated carbocycles. The highest BCUT2D eigenvalue weighted by Crippen LogP contribution is 2.15. The molecule has 1 atom stereocenters. The predicted octanol–water partition coefficient (Wildman–Crippen LogP) is 2.05. The molecular weight excluding hydrogens is 212 g/mol. The normalized spacial score (nSPS) is 22.0. The number of nitrogens with zero attached hydrogens (tertiary/aromatic N) is 3. The zero-order valence-electron chi connectivity index (χ0n) is 11.2. The predicted molar refractivity (Wildman–Crippen MR) is 71.2 cm³/mol. The number of likely N-dealkylation sites (tertiary alicyclic amines) is 1. The standard InChI is InChI=1S/C13H24N4/c1-11(2)9-17-8-6-14-13(17)15-12-5-4-7-16(3)10-12/h6,8,11-12H,4-5,7,9-10H2,1-3H3,(H,14,15). The van der Waals surface area contributed by atoms with Crippen LogP contribution in [-0.2, 0) is 6.54 Å². The Morgan fingerprint density at radius 3 is 3.06 bits per heavy atom. The fourth-order valence-corrected chi connectivity index (χ4v) is 2.46. The molecule has 4 heteroatoms. The number of nitrogens with one attached hydrogen (secondary N) is 1. The van der Waals surface area contributed by atoms with Gasteiger partial charge in [0.25, 0.3) is 0 Å². The molecule has 1 aromatic rings. The topological polar surface area (TPSA) is 33.1 Å². The molecule has 1 fully saturated rings. The molecule has 0 aromatic carbocycles. The molecule has 0 bridgehead atoms. The lowest BCUT2D eigenvalue weighted by Gasteiger charge is -2.30. The smallest absolute Gasteiger partial charge is 0.203 e. The van der Waals surface area contributed by atoms with Crippen molar-refractivity contribution in [2.24, 2.45) is 5.92 Å². The van der Waals surface area contributed by atoms with Crippen LogP contribution in [0.1, 0.15) is 26.7 Å². The van der Waals surface area contributed by atoms with Crippen molar-refractivity contribution in [2.75, 3.05) is 25.5 Å². The summed E-state index contributed by atoms with van der Waals surface area (Å²) >= 11 is 0. The van der Waals surface area contributed by atoms with Gasteiger partial charge in [0, 0.05) is 31.5 Å². The van der Waals surface area contributed by atoms with Crippen LogP contribution in [0.5, 0.6) is 0 Å². The van der Waals surface area contributed by atoms with Gasteiger partial charge in [-0.05, 0) is 32.4 Å². The number of hydrogen-bond donors (Lipinski definition) is 1. The molecule has 1 aliphatic heterocycles. The van der Waals surface area contributed by atoms with Gasteiger partial charge in [-0.25, -0.2) is 4.98 Å². The number of piperidine rings is 1. The highest BCUT2D eigenvalue weighted by Gasteiger charge is 2.18. The molecule has 4 nitrogen and oxygen atoms in total. The van der Waals surface area contributed by atoms with Crippen molar-refractivity contribution in [1.29, 1.82) is 0 Å². The van der Waals surface area contributed by atoms with Gasteiger partial charge in [-0.1, -0.05) is 13.8 Å². The van der Waals surface area contributed by atoms with E-state index in [2.05, 4.69) is 46.9 Å². The van der Waals surface area contributed by atoms with E-state index in [-0.39, 0.29) is 0 Å². The van der Waals surface area contributed by atoms with E-state index in [0.717, 1.165) is 19.0 Å². The summed E-state index contributed by atoms with van der Waals surface area (Å²) in [5.41, 5.74) is 0. The fraction of sp³-hybridized carbons (Fsp3) is 0.769. The van der Waals surface area contributed by atoms with E-state index in [1.165, 1.54) is 19.4 Å². The van der Waals surface area contributed by atoms with Gasteiger partial charge in [0.1, 0.15) is 0 Å². The molecule has 1 aliphatic rings. The molecule has 2 rings (SSSR count). The van der Waals surface area contributed by atoms with Crippen LogP contribution in [-0.4, -0.2) is 40.6 Å². The van der Waals surface area contributed by atoms with E-state index in [4.69, 9.17) is 0 Å². The molecular formula is C13H24N4. The average molecular weight is 236 g/mol. The minimum absolute atomic E-state index is 0.544. The molecule has 17 heavy (non-hydrogen) atoms. The highest BCUT2D eigenvalue weighted by atomic mass is 15.2. The molecule has 0 aliphatic carbocycles. The summed E-state index contributed by atoms with van der Waals surface area (Å²) in [6.45, 7) is 7.84. The van der Waals surface area contributed by atoms with Crippen molar-refractivity contribution in [3.8, 4) is 0 Å². The van der Waals surface area contributed by atoms with Crippen molar-refractivity contribution in [3.63, 3.8) is 0 Å². The van der Waals surface area contributed by atoms with Crippen molar-refractivity contribution < 1.29 is 0 Å². The first-order valence-electron chi connectivity index (χ1n) is 6.61. The van der Waals surface area contributed by atoms with Gasteiger partial charge in [0.15, 0.2) is 0 Å². The van der Waals surface area contributed by atoms with Crippen LogP contribution < -0.4 is 5.32 Å². The summed E-state index contributed by atoms with van der Waals surface area (Å²) in [7, 11) is 2.19. The Hall–Kier alpha value is -1.03. The summed E-state index contributed by atoms with van der Waals surface area (Å²) < 4.78 is 2.22. The monoisotopic (exact) mass is 236 g/mol. The molecule has 1 aromatic heterocycles. The minimum Gasteiger partial charge on any atom is -0.352 e. The third-order valence-corrected chi connectivity index (χ3v) is 3.24. The first-order chi connectivity index (χ1) is 8.15. The van der Waals surface area contributed by atoms with Gasteiger partial charge in [0.2, 0.25) is 5.95 Å². The molecule has 1 unspecified atom stereocenters. The van der Waals surface area contributed by atoms with Crippen LogP contribution in [0.15, 0.2) is 12.4 Å². The SMILES string of the molecule is CC(C)Cn1ccnc1NC1CCCN(C)C1. The van der Waals surface area contributed by atoms with E-state index < -0.39 is 0 Å². The Bertz CT molecular complexity index is 345. The van der Waals surface area contributed by atoms with E-state index >= 15 is 0 Å². The third kappa shape index (κ3) is 3.46. The minimum atomic E-state index is 0.544. The van der Waals surface area contributed by atoms with Gasteiger partial charge < -0.3 is 14.8 Å². The van der Waals surface area contributed by atoms with Gasteiger partial charge in [0.05, 0.1) is 0 Å². The van der Waals surface area contributed by atoms with Crippen molar-refractivity contribution in [3.05, 3.63) is 12.4 Å². The second-order valence-electron chi connectivity index (χ2n) is 5.54. The second-order valence-corrected chi connectivity index (χ2v) is 5.54. The fourth-order valence-electron chi connectivity index (χ4n) is 2.46. The van der Waals surface area contributed by atoms with Gasteiger partial charge in [-0.15, -0.1) is 0 Å². The first kappa shape index (κ1) is 12.4. The summed E-state index contributed by atoms with van der Waals surface area (Å²) in [6, 6.07) is 0.544. The lowest BCUT2D eigenvalue weighted by molar-refractivity contribution is 0.260. The summed E-state index contributed by atoms with van der Waals surface area (Å²) in [6.07, 6.45) is 6.48. The maximum Gasteiger partial charge on any atom is 0.203 e. The van der Waals surface area contributed by atoms with Crippen molar-refractivity contribution in [1.82, 2.24) is 14.5 Å². The number of likely N-dealkylation sites (N-methyl/N-ethyl adjacent to an activating group) is 1. The quantitative estimate of drug-likeness (QED) is 0.868. The van der Waals surface area contributed by atoms with E-state index in [0.29, 0.717) is 12.0 Å². The van der Waals surface area contributed by atoms with E-state index in [9.17, 15) is 0 Å². The average Bonchev–Trinajstić information content (AvgIpc) is 2.65. The zero-order valence-corrected chi connectivity index (χ0v) is 11.2. The summed E-state index contributed by atoms with van der Waals surface area (Å²) in [4.78, 5) is 6.81. The summed E-state index contributed by atoms with van der Waals surface area (Å²) in [5, 5.41) is 3.58. The van der Waals surface area contributed by atoms with Crippen LogP contribution in [0.4, 0.5) is 5.95 Å². The molecule has 0 amide bonds. The van der Waals surface area contributed by atoms with Crippen LogP contribution >= 0.6 is 0 Å². The van der Waals surface area contributed by atoms with Crippen molar-refractivity contribution in [2.45, 2.75) is 39.3 Å². The molecule has 2 heterocycles. The van der Waals surface area contributed by atoms with Crippen LogP contribution in [0.25, 0.3) is 0 Å². The Labute approximate surface area is 104 Å². The largest absolute Gasteiger partial charge is 0.352 e. The third-order valence-electron chi connectivity index (χ3n) is 3.24. The first-order valence-corrected chi connectivity index (χ1v) is 6.61. The lowest BCUT2D eigenvalue weighted by Crippen LogP contribution is -2.40. The zero-order chi connectivity index (χ0) is 12.3. The van der Waals surface area contributed by atoms with E-state index in [1.807, 2.05) is 6.20 Å².